The molecule has 2 aliphatic heterocycles. The van der Waals surface area contributed by atoms with Gasteiger partial charge in [-0.1, -0.05) is 0 Å². The molecule has 0 aromatic carbocycles. The molecule has 39 heavy (non-hydrogen) atoms. The van der Waals surface area contributed by atoms with Crippen molar-refractivity contribution in [3.05, 3.63) is 45.8 Å². The molecule has 8 atom stereocenters. The zero-order chi connectivity index (χ0) is 28.3. The summed E-state index contributed by atoms with van der Waals surface area (Å²) in [5, 5.41) is 42.9. The average molecular weight is 573 g/mol. The van der Waals surface area contributed by atoms with Gasteiger partial charge in [0.05, 0.1) is 19.0 Å². The minimum atomic E-state index is -5.33. The molecule has 2 saturated heterocycles. The van der Waals surface area contributed by atoms with Crippen LogP contribution in [-0.2, 0) is 18.6 Å². The first kappa shape index (κ1) is 27.5. The van der Waals surface area contributed by atoms with Crippen LogP contribution in [0.2, 0.25) is 0 Å². The predicted octanol–water partition coefficient (Wildman–Crippen LogP) is -3.93. The standard InChI is InChI=1S/C19H24N7O12P/c20-14-9-15(22-5-21-14)26(6-23-9)16-11(30)10(29)7(36-16)3-19(4-27)13(38-39(33,34)35)12(31)17(37-19)25-2-1-8(28)24-18(25)32/h1-2,5-7,10-13,16-17,27,29-31H,3-4H2,(H2,20,21,22)(H,24,28,32)(H2,33,34,35). The van der Waals surface area contributed by atoms with Gasteiger partial charge in [-0.2, -0.15) is 0 Å². The number of aliphatic hydroxyl groups excluding tert-OH is 4. The number of anilines is 1. The zero-order valence-electron chi connectivity index (χ0n) is 19.7. The molecular weight excluding hydrogens is 549 g/mol. The number of aromatic nitrogens is 6. The van der Waals surface area contributed by atoms with Crippen molar-refractivity contribution in [2.75, 3.05) is 12.3 Å². The molecule has 2 aliphatic rings. The third-order valence-corrected chi connectivity index (χ3v) is 7.17. The van der Waals surface area contributed by atoms with Crippen LogP contribution in [0.3, 0.4) is 0 Å². The molecule has 2 fully saturated rings. The Labute approximate surface area is 216 Å². The van der Waals surface area contributed by atoms with Crippen LogP contribution < -0.4 is 17.0 Å². The van der Waals surface area contributed by atoms with Crippen LogP contribution in [0.25, 0.3) is 11.2 Å². The van der Waals surface area contributed by atoms with Crippen molar-refractivity contribution in [2.45, 2.75) is 55.0 Å². The number of hydrogen-bond donors (Lipinski definition) is 8. The van der Waals surface area contributed by atoms with Gasteiger partial charge in [-0.15, -0.1) is 0 Å². The highest BCUT2D eigenvalue weighted by molar-refractivity contribution is 7.46. The maximum Gasteiger partial charge on any atom is 0.470 e. The van der Waals surface area contributed by atoms with Gasteiger partial charge >= 0.3 is 13.5 Å². The number of phosphoric acid groups is 1. The van der Waals surface area contributed by atoms with Crippen molar-refractivity contribution in [2.24, 2.45) is 0 Å². The second-order valence-corrected chi connectivity index (χ2v) is 10.3. The summed E-state index contributed by atoms with van der Waals surface area (Å²) in [6.07, 6.45) is -8.78. The maximum atomic E-state index is 12.3. The van der Waals surface area contributed by atoms with Gasteiger partial charge in [0.15, 0.2) is 23.9 Å². The molecule has 3 aromatic heterocycles. The second kappa shape index (κ2) is 9.82. The quantitative estimate of drug-likeness (QED) is 0.125. The lowest BCUT2D eigenvalue weighted by atomic mass is 9.88. The fourth-order valence-electron chi connectivity index (χ4n) is 4.87. The normalized spacial score (nSPS) is 33.2. The Balaban J connectivity index is 1.49. The lowest BCUT2D eigenvalue weighted by Crippen LogP contribution is -2.51. The molecular formula is C19H24N7O12P. The van der Waals surface area contributed by atoms with Crippen molar-refractivity contribution < 1.29 is 48.8 Å². The van der Waals surface area contributed by atoms with Gasteiger partial charge in [0, 0.05) is 18.7 Å². The summed E-state index contributed by atoms with van der Waals surface area (Å²) in [6.45, 7) is -1.05. The molecule has 0 radical (unpaired) electrons. The van der Waals surface area contributed by atoms with Crippen molar-refractivity contribution in [1.82, 2.24) is 29.1 Å². The third kappa shape index (κ3) is 4.78. The summed E-state index contributed by atoms with van der Waals surface area (Å²) < 4.78 is 30.2. The first-order valence-electron chi connectivity index (χ1n) is 11.3. The van der Waals surface area contributed by atoms with E-state index in [0.717, 1.165) is 23.2 Å². The van der Waals surface area contributed by atoms with Crippen molar-refractivity contribution in [1.29, 1.82) is 0 Å². The average Bonchev–Trinajstić information content (AvgIpc) is 3.49. The highest BCUT2D eigenvalue weighted by atomic mass is 31.2. The van der Waals surface area contributed by atoms with Gasteiger partial charge in [-0.25, -0.2) is 24.3 Å². The monoisotopic (exact) mass is 573 g/mol. The van der Waals surface area contributed by atoms with E-state index in [-0.39, 0.29) is 17.0 Å². The van der Waals surface area contributed by atoms with E-state index in [4.69, 9.17) is 19.7 Å². The number of aromatic amines is 1. The Bertz CT molecular complexity index is 1540. The summed E-state index contributed by atoms with van der Waals surface area (Å²) in [7, 11) is -5.33. The smallest absolute Gasteiger partial charge is 0.393 e. The molecule has 5 heterocycles. The predicted molar refractivity (Wildman–Crippen MR) is 124 cm³/mol. The zero-order valence-corrected chi connectivity index (χ0v) is 20.6. The topological polar surface area (TPSA) is 291 Å². The van der Waals surface area contributed by atoms with E-state index in [0.29, 0.717) is 0 Å². The van der Waals surface area contributed by atoms with Crippen LogP contribution in [0.4, 0.5) is 5.82 Å². The highest BCUT2D eigenvalue weighted by Crippen LogP contribution is 2.50. The van der Waals surface area contributed by atoms with Gasteiger partial charge in [0.2, 0.25) is 0 Å². The van der Waals surface area contributed by atoms with Crippen LogP contribution in [0, 0.1) is 0 Å². The minimum Gasteiger partial charge on any atom is -0.393 e. The SMILES string of the molecule is Nc1ncnc2c1ncn2C1OC(CC2(CO)OC(n3ccc(=O)[nH]c3=O)C(O)C2OP(=O)(O)O)C(O)C1O. The van der Waals surface area contributed by atoms with Crippen molar-refractivity contribution in [3.8, 4) is 0 Å². The summed E-state index contributed by atoms with van der Waals surface area (Å²) in [4.78, 5) is 56.7. The van der Waals surface area contributed by atoms with Gasteiger partial charge in [-0.3, -0.25) is 23.4 Å². The van der Waals surface area contributed by atoms with E-state index < -0.39 is 80.7 Å². The Kier molecular flexibility index (Phi) is 6.92. The van der Waals surface area contributed by atoms with Gasteiger partial charge in [0.1, 0.15) is 41.9 Å². The van der Waals surface area contributed by atoms with Gasteiger partial charge in [-0.05, 0) is 0 Å². The molecule has 0 amide bonds. The molecule has 0 spiro atoms. The first-order valence-corrected chi connectivity index (χ1v) is 12.8. The molecule has 212 valence electrons. The molecule has 0 aliphatic carbocycles. The van der Waals surface area contributed by atoms with Crippen LogP contribution >= 0.6 is 7.82 Å². The number of nitrogen functional groups attached to an aromatic ring is 1. The molecule has 0 saturated carbocycles. The number of imidazole rings is 1. The van der Waals surface area contributed by atoms with Crippen molar-refractivity contribution >= 4 is 24.8 Å². The number of fused-ring (bicyclic) bond motifs is 1. The minimum absolute atomic E-state index is 0.0527. The van der Waals surface area contributed by atoms with Crippen LogP contribution in [-0.4, -0.2) is 102 Å². The molecule has 9 N–H and O–H groups in total. The Hall–Kier alpha value is -3.10. The third-order valence-electron chi connectivity index (χ3n) is 6.67. The van der Waals surface area contributed by atoms with E-state index in [1.807, 2.05) is 4.98 Å². The number of nitrogens with two attached hydrogens (primary N) is 1. The summed E-state index contributed by atoms with van der Waals surface area (Å²) in [5.74, 6) is 0.0527. The molecule has 19 nitrogen and oxygen atoms in total. The number of aliphatic hydroxyl groups is 4. The molecule has 0 bridgehead atoms. The van der Waals surface area contributed by atoms with E-state index in [9.17, 15) is 44.4 Å². The largest absolute Gasteiger partial charge is 0.470 e. The van der Waals surface area contributed by atoms with E-state index >= 15 is 0 Å². The molecule has 5 rings (SSSR count). The summed E-state index contributed by atoms with van der Waals surface area (Å²) in [6, 6.07) is 0.936. The van der Waals surface area contributed by atoms with Crippen LogP contribution in [0.15, 0.2) is 34.5 Å². The molecule has 20 heteroatoms. The lowest BCUT2D eigenvalue weighted by molar-refractivity contribution is -0.157. The molecule has 8 unspecified atom stereocenters. The van der Waals surface area contributed by atoms with Gasteiger partial charge < -0.3 is 45.4 Å². The number of nitrogens with one attached hydrogen (secondary N) is 1. The fourth-order valence-corrected chi connectivity index (χ4v) is 5.49. The number of ether oxygens (including phenoxy) is 2. The summed E-state index contributed by atoms with van der Waals surface area (Å²) >= 11 is 0. The fraction of sp³-hybridized carbons (Fsp3) is 0.526. The van der Waals surface area contributed by atoms with Crippen molar-refractivity contribution in [3.63, 3.8) is 0 Å². The number of rotatable bonds is 7. The second-order valence-electron chi connectivity index (χ2n) is 9.09. The number of phosphoric ester groups is 1. The number of H-pyrrole nitrogens is 1. The van der Waals surface area contributed by atoms with Crippen LogP contribution in [0.5, 0.6) is 0 Å². The molecule has 3 aromatic rings. The van der Waals surface area contributed by atoms with E-state index in [2.05, 4.69) is 15.0 Å². The number of hydrogen-bond acceptors (Lipinski definition) is 14. The maximum absolute atomic E-state index is 12.3. The number of nitrogens with zero attached hydrogens (tertiary/aromatic N) is 5. The first-order chi connectivity index (χ1) is 18.3. The van der Waals surface area contributed by atoms with Gasteiger partial charge in [0.25, 0.3) is 5.56 Å². The Morgan fingerprint density at radius 3 is 2.51 bits per heavy atom. The Morgan fingerprint density at radius 2 is 1.85 bits per heavy atom. The van der Waals surface area contributed by atoms with Crippen LogP contribution in [0.1, 0.15) is 18.9 Å². The summed E-state index contributed by atoms with van der Waals surface area (Å²) in [5.41, 5.74) is 2.18. The highest BCUT2D eigenvalue weighted by Gasteiger charge is 2.61. The Morgan fingerprint density at radius 1 is 1.10 bits per heavy atom. The van der Waals surface area contributed by atoms with E-state index in [1.54, 1.807) is 0 Å². The van der Waals surface area contributed by atoms with E-state index in [1.165, 1.54) is 10.9 Å². The lowest BCUT2D eigenvalue weighted by Gasteiger charge is -2.35.